The molecule has 4 aromatic rings. The second kappa shape index (κ2) is 9.62. The number of aromatic amines is 1. The number of hydrogen-bond acceptors (Lipinski definition) is 10. The molecule has 13 nitrogen and oxygen atoms in total. The Morgan fingerprint density at radius 2 is 1.89 bits per heavy atom. The van der Waals surface area contributed by atoms with E-state index >= 15 is 0 Å². The van der Waals surface area contributed by atoms with Crippen LogP contribution in [0.2, 0.25) is 0 Å². The van der Waals surface area contributed by atoms with Crippen molar-refractivity contribution in [3.63, 3.8) is 0 Å². The maximum atomic E-state index is 13.0. The van der Waals surface area contributed by atoms with Crippen LogP contribution < -0.4 is 21.3 Å². The third-order valence-corrected chi connectivity index (χ3v) is 7.39. The van der Waals surface area contributed by atoms with Crippen LogP contribution in [0.3, 0.4) is 0 Å². The molecule has 2 aliphatic rings. The van der Waals surface area contributed by atoms with Gasteiger partial charge in [-0.25, -0.2) is 15.1 Å². The number of para-hydroxylation sites is 1. The van der Waals surface area contributed by atoms with Crippen LogP contribution in [0.15, 0.2) is 71.8 Å². The lowest BCUT2D eigenvalue weighted by atomic mass is 10.00. The zero-order valence-electron chi connectivity index (χ0n) is 20.0. The van der Waals surface area contributed by atoms with Gasteiger partial charge in [0.1, 0.15) is 23.6 Å². The average Bonchev–Trinajstić information content (AvgIpc) is 3.57. The maximum Gasteiger partial charge on any atom is 0.456 e. The average molecular weight is 540 g/mol. The number of aromatic nitrogens is 4. The van der Waals surface area contributed by atoms with Gasteiger partial charge in [0.15, 0.2) is 17.4 Å². The molecular formula is C24H25N6O7P. The molecule has 0 radical (unpaired) electrons. The number of nitrogens with one attached hydrogen (secondary N) is 1. The molecule has 2 bridgehead atoms. The van der Waals surface area contributed by atoms with Gasteiger partial charge in [0.25, 0.3) is 5.56 Å². The van der Waals surface area contributed by atoms with Gasteiger partial charge in [-0.1, -0.05) is 48.5 Å². The smallest absolute Gasteiger partial charge is 0.413 e. The van der Waals surface area contributed by atoms with Crippen LogP contribution in [0.5, 0.6) is 5.75 Å². The fraction of sp³-hybridized carbons (Fsp3) is 0.292. The van der Waals surface area contributed by atoms with Crippen LogP contribution >= 0.6 is 7.75 Å². The van der Waals surface area contributed by atoms with E-state index < -0.39 is 37.3 Å². The molecule has 14 heteroatoms. The summed E-state index contributed by atoms with van der Waals surface area (Å²) in [4.78, 5) is 23.1. The van der Waals surface area contributed by atoms with Crippen LogP contribution in [0.4, 0.5) is 5.95 Å². The topological polar surface area (TPSA) is 179 Å². The Balaban J connectivity index is 1.29. The van der Waals surface area contributed by atoms with Gasteiger partial charge in [0.05, 0.1) is 26.1 Å². The highest BCUT2D eigenvalue weighted by Gasteiger charge is 2.64. The van der Waals surface area contributed by atoms with Gasteiger partial charge < -0.3 is 24.5 Å². The largest absolute Gasteiger partial charge is 0.456 e. The van der Waals surface area contributed by atoms with Gasteiger partial charge in [-0.05, 0) is 17.7 Å². The summed E-state index contributed by atoms with van der Waals surface area (Å²) in [7, 11) is -4.02. The molecule has 4 heterocycles. The van der Waals surface area contributed by atoms with E-state index in [-0.39, 0.29) is 36.9 Å². The van der Waals surface area contributed by atoms with Crippen LogP contribution in [-0.2, 0) is 29.9 Å². The van der Waals surface area contributed by atoms with Gasteiger partial charge in [0, 0.05) is 0 Å². The summed E-state index contributed by atoms with van der Waals surface area (Å²) in [5, 5.41) is 0. The van der Waals surface area contributed by atoms with Crippen molar-refractivity contribution in [2.75, 3.05) is 18.9 Å². The molecule has 0 amide bonds. The highest BCUT2D eigenvalue weighted by molar-refractivity contribution is 7.51. The molecule has 5 N–H and O–H groups in total. The molecule has 0 aliphatic carbocycles. The van der Waals surface area contributed by atoms with Crippen molar-refractivity contribution in [2.45, 2.75) is 30.6 Å². The number of H-pyrrole nitrogens is 1. The summed E-state index contributed by atoms with van der Waals surface area (Å²) < 4.78 is 44.4. The van der Waals surface area contributed by atoms with Crippen LogP contribution in [0.25, 0.3) is 11.2 Å². The summed E-state index contributed by atoms with van der Waals surface area (Å²) >= 11 is 0. The van der Waals surface area contributed by atoms with Gasteiger partial charge >= 0.3 is 7.75 Å². The first kappa shape index (κ1) is 24.7. The van der Waals surface area contributed by atoms with Crippen molar-refractivity contribution in [3.8, 4) is 5.75 Å². The number of rotatable bonds is 9. The normalized spacial score (nSPS) is 26.0. The van der Waals surface area contributed by atoms with Crippen molar-refractivity contribution in [2.24, 2.45) is 5.50 Å². The Morgan fingerprint density at radius 3 is 2.66 bits per heavy atom. The number of imidazole rings is 1. The minimum Gasteiger partial charge on any atom is -0.413 e. The van der Waals surface area contributed by atoms with Gasteiger partial charge in [-0.15, -0.1) is 0 Å². The summed E-state index contributed by atoms with van der Waals surface area (Å²) in [5.74, 6) is 0.239. The fourth-order valence-electron chi connectivity index (χ4n) is 4.71. The molecule has 6 rings (SSSR count). The SMILES string of the molecule is Nc1nc2c(ncn2C2OC3(COP(N)(=O)Oc4ccccc4)COC2C3OCc2ccccc2)c(=O)[nH]1. The number of hydrogen-bond donors (Lipinski definition) is 3. The monoisotopic (exact) mass is 540 g/mol. The zero-order valence-corrected chi connectivity index (χ0v) is 20.9. The molecule has 2 saturated heterocycles. The first-order chi connectivity index (χ1) is 18.3. The number of nitrogens with two attached hydrogens (primary N) is 2. The lowest BCUT2D eigenvalue weighted by molar-refractivity contribution is -0.184. The lowest BCUT2D eigenvalue weighted by Crippen LogP contribution is -2.46. The predicted octanol–water partition coefficient (Wildman–Crippen LogP) is 2.12. The molecule has 2 fully saturated rings. The number of nitrogen functional groups attached to an aromatic ring is 1. The van der Waals surface area contributed by atoms with Crippen LogP contribution in [0.1, 0.15) is 11.8 Å². The number of benzene rings is 2. The molecular weight excluding hydrogens is 515 g/mol. The summed E-state index contributed by atoms with van der Waals surface area (Å²) in [6, 6.07) is 18.1. The minimum atomic E-state index is -4.02. The first-order valence-electron chi connectivity index (χ1n) is 11.8. The third-order valence-electron chi connectivity index (χ3n) is 6.44. The zero-order chi connectivity index (χ0) is 26.3. The molecule has 5 atom stereocenters. The minimum absolute atomic E-state index is 0.0645. The Kier molecular flexibility index (Phi) is 6.26. The molecule has 0 spiro atoms. The Labute approximate surface area is 216 Å². The molecule has 198 valence electrons. The second-order valence-corrected chi connectivity index (χ2v) is 10.6. The van der Waals surface area contributed by atoms with Gasteiger partial charge in [0.2, 0.25) is 5.95 Å². The van der Waals surface area contributed by atoms with Gasteiger partial charge in [-0.3, -0.25) is 18.9 Å². The van der Waals surface area contributed by atoms with Crippen LogP contribution in [-0.4, -0.2) is 50.5 Å². The Morgan fingerprint density at radius 1 is 1.16 bits per heavy atom. The van der Waals surface area contributed by atoms with Gasteiger partial charge in [-0.2, -0.15) is 4.98 Å². The molecule has 38 heavy (non-hydrogen) atoms. The number of ether oxygens (including phenoxy) is 3. The van der Waals surface area contributed by atoms with Crippen molar-refractivity contribution in [1.82, 2.24) is 19.5 Å². The van der Waals surface area contributed by atoms with Crippen molar-refractivity contribution >= 4 is 24.9 Å². The highest BCUT2D eigenvalue weighted by Crippen LogP contribution is 2.50. The van der Waals surface area contributed by atoms with Crippen LogP contribution in [0, 0.1) is 0 Å². The number of nitrogens with zero attached hydrogens (tertiary/aromatic N) is 3. The maximum absolute atomic E-state index is 13.0. The molecule has 2 aromatic heterocycles. The van der Waals surface area contributed by atoms with E-state index in [1.165, 1.54) is 6.33 Å². The quantitative estimate of drug-likeness (QED) is 0.265. The fourth-order valence-corrected chi connectivity index (χ4v) is 5.58. The summed E-state index contributed by atoms with van der Waals surface area (Å²) in [6.45, 7) is 0.101. The van der Waals surface area contributed by atoms with Crippen molar-refractivity contribution < 1.29 is 27.8 Å². The van der Waals surface area contributed by atoms with E-state index in [0.717, 1.165) is 5.56 Å². The molecule has 5 unspecified atom stereocenters. The van der Waals surface area contributed by atoms with Crippen molar-refractivity contribution in [1.29, 1.82) is 0 Å². The first-order valence-corrected chi connectivity index (χ1v) is 13.4. The van der Waals surface area contributed by atoms with E-state index in [4.69, 9.17) is 34.5 Å². The predicted molar refractivity (Wildman–Crippen MR) is 135 cm³/mol. The molecule has 0 saturated carbocycles. The third kappa shape index (κ3) is 4.60. The summed E-state index contributed by atoms with van der Waals surface area (Å²) in [5.41, 5.74) is 11.3. The molecule has 2 aliphatic heterocycles. The Bertz CT molecular complexity index is 1550. The Hall–Kier alpha value is -3.58. The second-order valence-electron chi connectivity index (χ2n) is 9.06. The number of fused-ring (bicyclic) bond motifs is 3. The van der Waals surface area contributed by atoms with E-state index in [2.05, 4.69) is 15.0 Å². The van der Waals surface area contributed by atoms with Crippen molar-refractivity contribution in [3.05, 3.63) is 82.9 Å². The van der Waals surface area contributed by atoms with E-state index in [1.807, 2.05) is 30.3 Å². The summed E-state index contributed by atoms with van der Waals surface area (Å²) in [6.07, 6.45) is -0.648. The van der Waals surface area contributed by atoms with E-state index in [1.54, 1.807) is 34.9 Å². The molecule has 2 aromatic carbocycles. The highest BCUT2D eigenvalue weighted by atomic mass is 31.2. The van der Waals surface area contributed by atoms with E-state index in [0.29, 0.717) is 5.75 Å². The lowest BCUT2D eigenvalue weighted by Gasteiger charge is -2.32. The number of anilines is 1. The standard InChI is InChI=1S/C24H25N6O7P/c25-23-28-20-17(21(31)29-23)27-14-30(20)22-18-19(33-11-15-7-3-1-4-8-15)24(36-22,12-34-18)13-35-38(26,32)37-16-9-5-2-6-10-16/h1-10,14,18-19,22H,11-13H2,(H2,26,32)(H3,25,28,29,31). The van der Waals surface area contributed by atoms with E-state index in [9.17, 15) is 9.36 Å².